The van der Waals surface area contributed by atoms with Crippen molar-refractivity contribution < 1.29 is 53.7 Å². The number of nitrogens with two attached hydrogens (primary N) is 3. The van der Waals surface area contributed by atoms with Crippen LogP contribution in [0.5, 0.6) is 5.75 Å². The normalized spacial score (nSPS) is 25.2. The van der Waals surface area contributed by atoms with Gasteiger partial charge in [-0.15, -0.1) is 0 Å². The number of aromatic hydroxyl groups is 1. The summed E-state index contributed by atoms with van der Waals surface area (Å²) >= 11 is 0. The molecule has 0 spiro atoms. The maximum atomic E-state index is 14.6. The Bertz CT molecular complexity index is 2150. The van der Waals surface area contributed by atoms with Crippen molar-refractivity contribution in [2.45, 2.75) is 144 Å². The molecule has 4 rings (SSSR count). The zero-order valence-corrected chi connectivity index (χ0v) is 41.5. The van der Waals surface area contributed by atoms with E-state index in [9.17, 15) is 53.7 Å². The van der Waals surface area contributed by atoms with Crippen molar-refractivity contribution in [3.05, 3.63) is 65.2 Å². The van der Waals surface area contributed by atoms with Crippen LogP contribution in [0.25, 0.3) is 0 Å². The lowest BCUT2D eigenvalue weighted by molar-refractivity contribution is -0.137. The van der Waals surface area contributed by atoms with Gasteiger partial charge in [0, 0.05) is 23.5 Å². The van der Waals surface area contributed by atoms with E-state index in [1.54, 1.807) is 26.0 Å². The summed E-state index contributed by atoms with van der Waals surface area (Å²) in [5, 5.41) is 52.9. The lowest BCUT2D eigenvalue weighted by Gasteiger charge is -2.36. The minimum absolute atomic E-state index is 0.00123. The van der Waals surface area contributed by atoms with Crippen molar-refractivity contribution in [3.8, 4) is 5.75 Å². The number of unbranched alkanes of at least 4 members (excludes halogenated alkanes) is 1. The maximum Gasteiger partial charge on any atom is 0.245 e. The summed E-state index contributed by atoms with van der Waals surface area (Å²) in [5.41, 5.74) is 19.5. The highest BCUT2D eigenvalue weighted by Crippen LogP contribution is 2.39. The molecule has 1 saturated heterocycles. The summed E-state index contributed by atoms with van der Waals surface area (Å²) in [6.45, 7) is 6.31. The third-order valence-corrected chi connectivity index (χ3v) is 15.2. The fraction of sp³-hybridized carbons (Fsp3) is 0.565. The van der Waals surface area contributed by atoms with E-state index in [1.807, 2.05) is 24.3 Å². The van der Waals surface area contributed by atoms with Crippen LogP contribution in [0.4, 0.5) is 0 Å². The number of benzene rings is 2. The predicted molar refractivity (Wildman–Crippen MR) is 264 cm³/mol. The van der Waals surface area contributed by atoms with Gasteiger partial charge in [0.2, 0.25) is 47.3 Å². The van der Waals surface area contributed by atoms with Crippen molar-refractivity contribution in [3.63, 3.8) is 0 Å². The number of aliphatic hydroxyl groups excluding tert-OH is 2. The van der Waals surface area contributed by atoms with Crippen LogP contribution in [0.3, 0.4) is 0 Å². The van der Waals surface area contributed by atoms with Crippen LogP contribution in [0.15, 0.2) is 48.5 Å². The van der Waals surface area contributed by atoms with Crippen molar-refractivity contribution >= 4 is 68.8 Å². The number of nitrogens with one attached hydrogen (secondary N) is 8. The topological polar surface area (TPSA) is 372 Å². The largest absolute Gasteiger partial charge is 0.508 e. The number of primary amides is 1. The fourth-order valence-electron chi connectivity index (χ4n) is 7.76. The monoisotopic (exact) mass is 1020 g/mol. The molecule has 0 saturated carbocycles. The van der Waals surface area contributed by atoms with Crippen LogP contribution in [0.1, 0.15) is 76.5 Å². The molecule has 0 aliphatic carbocycles. The van der Waals surface area contributed by atoms with Crippen LogP contribution < -0.4 is 59.7 Å². The van der Waals surface area contributed by atoms with E-state index in [2.05, 4.69) is 42.5 Å². The van der Waals surface area contributed by atoms with E-state index in [0.29, 0.717) is 31.4 Å². The van der Waals surface area contributed by atoms with Gasteiger partial charge in [-0.1, -0.05) is 58.0 Å². The van der Waals surface area contributed by atoms with Gasteiger partial charge in [0.15, 0.2) is 0 Å². The first-order chi connectivity index (χ1) is 33.1. The van der Waals surface area contributed by atoms with Gasteiger partial charge in [-0.25, -0.2) is 0 Å². The third kappa shape index (κ3) is 16.8. The quantitative estimate of drug-likeness (QED) is 0.0602. The number of phenols is 1. The van der Waals surface area contributed by atoms with Crippen LogP contribution in [0.2, 0.25) is 0 Å². The van der Waals surface area contributed by atoms with Crippen molar-refractivity contribution in [2.75, 3.05) is 18.8 Å². The zero-order valence-electron chi connectivity index (χ0n) is 39.8. The van der Waals surface area contributed by atoms with Gasteiger partial charge in [-0.2, -0.15) is 0 Å². The highest BCUT2D eigenvalue weighted by Gasteiger charge is 2.43. The molecule has 2 heterocycles. The van der Waals surface area contributed by atoms with Crippen molar-refractivity contribution in [2.24, 2.45) is 17.2 Å². The minimum atomic E-state index is -1.73. The molecule has 0 bridgehead atoms. The Kier molecular flexibility index (Phi) is 22.2. The third-order valence-electron chi connectivity index (χ3n) is 11.9. The predicted octanol–water partition coefficient (Wildman–Crippen LogP) is -2.67. The molecule has 0 unspecified atom stereocenters. The number of fused-ring (bicyclic) bond motifs is 1. The van der Waals surface area contributed by atoms with E-state index in [4.69, 9.17) is 17.2 Å². The standard InChI is InChI=1S/C46H69N11O11S2/c1-24(58)35(38(49)61)55-45(68)37-46(3,4)70-69-23-34(54-41(64)32-21-27-10-5-6-11-28(27)22-50-32)43(66)53-33(20-26-14-16-29(60)17-15-26)42(65)52-31(13-9-19-48)39(62)51-30(12-7-8-18-47)40(63)56-36(25(2)59)44(67)57-37/h5-6,10-11,14-17,24-25,30-37,50,58-60H,7-9,12-13,18-23,47-48H2,1-4H3,(H2,49,61)(H,51,62)(H,52,65)(H,53,66)(H,54,64)(H,55,68)(H,56,63)(H,57,67)/t24-,25-,30+,31+,32+,33+,34+,35+,36+,37-/m1/s1. The molecule has 10 atom stereocenters. The van der Waals surface area contributed by atoms with Gasteiger partial charge in [-0.05, 0) is 108 Å². The number of aliphatic hydroxyl groups is 2. The molecule has 0 aromatic heterocycles. The first kappa shape index (κ1) is 57.1. The second-order valence-electron chi connectivity index (χ2n) is 18.0. The maximum absolute atomic E-state index is 14.6. The SMILES string of the molecule is C[C@@H](O)[C@H](NC(=O)[C@H]1NC(=O)[C@H]([C@@H](C)O)NC(=O)[C@H](CCCCN)NC(=O)[C@H](CCCN)NC(=O)[C@H](Cc2ccc(O)cc2)NC(=O)[C@@H](NC(=O)[C@@H]2Cc3ccccc3CN2)CSSC1(C)C)C(N)=O. The molecule has 2 aromatic rings. The van der Waals surface area contributed by atoms with Gasteiger partial charge in [-0.3, -0.25) is 38.4 Å². The van der Waals surface area contributed by atoms with Crippen LogP contribution in [-0.4, -0.2) is 147 Å². The molecule has 0 radical (unpaired) electrons. The van der Waals surface area contributed by atoms with E-state index in [-0.39, 0.29) is 50.3 Å². The van der Waals surface area contributed by atoms with Gasteiger partial charge < -0.3 is 75.1 Å². The summed E-state index contributed by atoms with van der Waals surface area (Å²) in [7, 11) is 2.01. The number of hydrogen-bond acceptors (Lipinski definition) is 16. The molecule has 386 valence electrons. The zero-order chi connectivity index (χ0) is 51.7. The summed E-state index contributed by atoms with van der Waals surface area (Å²) < 4.78 is -1.39. The molecule has 2 aliphatic heterocycles. The van der Waals surface area contributed by atoms with E-state index in [0.717, 1.165) is 32.7 Å². The average Bonchev–Trinajstić information content (AvgIpc) is 3.31. The molecule has 22 nitrogen and oxygen atoms in total. The Labute approximate surface area is 415 Å². The van der Waals surface area contributed by atoms with E-state index < -0.39 is 113 Å². The molecule has 1 fully saturated rings. The van der Waals surface area contributed by atoms with E-state index >= 15 is 0 Å². The second kappa shape index (κ2) is 27.2. The summed E-state index contributed by atoms with van der Waals surface area (Å²) in [4.78, 5) is 112. The summed E-state index contributed by atoms with van der Waals surface area (Å²) in [6, 6.07) is 2.43. The van der Waals surface area contributed by atoms with Gasteiger partial charge in [0.25, 0.3) is 0 Å². The number of hydrogen-bond donors (Lipinski definition) is 14. The van der Waals surface area contributed by atoms with E-state index in [1.165, 1.54) is 26.0 Å². The smallest absolute Gasteiger partial charge is 0.245 e. The molecule has 24 heteroatoms. The molecule has 2 aromatic carbocycles. The molecular weight excluding hydrogens is 947 g/mol. The second-order valence-corrected chi connectivity index (χ2v) is 21.0. The number of carbonyl (C=O) groups excluding carboxylic acids is 8. The van der Waals surface area contributed by atoms with Crippen LogP contribution in [-0.2, 0) is 57.7 Å². The van der Waals surface area contributed by atoms with Crippen LogP contribution >= 0.6 is 21.6 Å². The van der Waals surface area contributed by atoms with Crippen LogP contribution in [0, 0.1) is 0 Å². The molecule has 70 heavy (non-hydrogen) atoms. The molecule has 2 aliphatic rings. The highest BCUT2D eigenvalue weighted by molar-refractivity contribution is 8.77. The molecule has 8 amide bonds. The Morgan fingerprint density at radius 3 is 1.94 bits per heavy atom. The van der Waals surface area contributed by atoms with Gasteiger partial charge in [0.05, 0.1) is 18.2 Å². The minimum Gasteiger partial charge on any atom is -0.508 e. The Balaban J connectivity index is 1.82. The Hall–Kier alpha value is -5.50. The van der Waals surface area contributed by atoms with Gasteiger partial charge in [0.1, 0.15) is 48.0 Å². The Morgan fingerprint density at radius 1 is 0.757 bits per heavy atom. The first-order valence-corrected chi connectivity index (χ1v) is 25.5. The molecular formula is C46H69N11O11S2. The van der Waals surface area contributed by atoms with Gasteiger partial charge >= 0.3 is 0 Å². The van der Waals surface area contributed by atoms with Crippen molar-refractivity contribution in [1.29, 1.82) is 0 Å². The lowest BCUT2D eigenvalue weighted by atomic mass is 9.95. The number of rotatable bonds is 16. The summed E-state index contributed by atoms with van der Waals surface area (Å²) in [6.07, 6.45) is -1.85. The first-order valence-electron chi connectivity index (χ1n) is 23.2. The van der Waals surface area contributed by atoms with Crippen molar-refractivity contribution in [1.82, 2.24) is 42.5 Å². The lowest BCUT2D eigenvalue weighted by Crippen LogP contribution is -2.65. The number of amides is 8. The number of carbonyl (C=O) groups is 8. The number of phenolic OH excluding ortho intramolecular Hbond substituents is 1. The molecule has 17 N–H and O–H groups in total. The summed E-state index contributed by atoms with van der Waals surface area (Å²) in [5.74, 6) is -7.19. The average molecular weight is 1020 g/mol. The highest BCUT2D eigenvalue weighted by atomic mass is 33.1. The fourth-order valence-corrected chi connectivity index (χ4v) is 10.6. The Morgan fingerprint density at radius 2 is 1.34 bits per heavy atom.